The highest BCUT2D eigenvalue weighted by atomic mass is 35.5. The highest BCUT2D eigenvalue weighted by Crippen LogP contribution is 2.49. The van der Waals surface area contributed by atoms with Crippen LogP contribution >= 0.6 is 23.2 Å². The number of hydrogen-bond donors (Lipinski definition) is 1. The van der Waals surface area contributed by atoms with Gasteiger partial charge in [0.05, 0.1) is 45.4 Å². The maximum atomic E-state index is 14.5. The molecule has 0 atom stereocenters. The number of aromatic nitrogens is 3. The minimum Gasteiger partial charge on any atom is -0.481 e. The van der Waals surface area contributed by atoms with Gasteiger partial charge in [0.1, 0.15) is 0 Å². The molecule has 2 saturated carbocycles. The van der Waals surface area contributed by atoms with Crippen molar-refractivity contribution >= 4 is 40.9 Å². The molecule has 2 aromatic heterocycles. The SMILES string of the molecule is CC(C)CC1(N(CC(=O)c2c(Cl)cncc2Cl)C(=O)c2cnn(C3CCC(C)(C(=O)O)CC3)c2C(F)(F)F)CC1. The van der Waals surface area contributed by atoms with Crippen LogP contribution in [0.25, 0.3) is 0 Å². The van der Waals surface area contributed by atoms with Crippen LogP contribution in [-0.2, 0) is 11.0 Å². The Bertz CT molecular complexity index is 1300. The molecule has 0 aliphatic heterocycles. The average molecular weight is 603 g/mol. The zero-order valence-electron chi connectivity index (χ0n) is 22.4. The number of ketones is 1. The summed E-state index contributed by atoms with van der Waals surface area (Å²) in [7, 11) is 0. The molecule has 4 rings (SSSR count). The second kappa shape index (κ2) is 11.0. The Labute approximate surface area is 239 Å². The first-order chi connectivity index (χ1) is 18.6. The number of Topliss-reactive ketones (excluding diaryl/α,β-unsaturated/α-hetero) is 1. The summed E-state index contributed by atoms with van der Waals surface area (Å²) in [5.74, 6) is -2.44. The average Bonchev–Trinajstić information content (AvgIpc) is 3.46. The fraction of sp³-hybridized carbons (Fsp3) is 0.593. The maximum absolute atomic E-state index is 14.5. The molecule has 2 aliphatic carbocycles. The first kappa shape index (κ1) is 30.3. The number of carboxylic acid groups (broad SMARTS) is 1. The Morgan fingerprint density at radius 1 is 1.10 bits per heavy atom. The summed E-state index contributed by atoms with van der Waals surface area (Å²) in [6.07, 6.45) is 0.718. The van der Waals surface area contributed by atoms with Crippen molar-refractivity contribution in [2.24, 2.45) is 11.3 Å². The Morgan fingerprint density at radius 3 is 2.15 bits per heavy atom. The molecule has 1 amide bonds. The number of halogens is 5. The molecular formula is C27H31Cl2F3N4O4. The van der Waals surface area contributed by atoms with Gasteiger partial charge < -0.3 is 10.0 Å². The molecule has 1 N–H and O–H groups in total. The number of carbonyl (C=O) groups is 3. The second-order valence-electron chi connectivity index (χ2n) is 11.6. The van der Waals surface area contributed by atoms with Gasteiger partial charge in [-0.2, -0.15) is 18.3 Å². The smallest absolute Gasteiger partial charge is 0.433 e. The van der Waals surface area contributed by atoms with E-state index in [1.54, 1.807) is 6.92 Å². The van der Waals surface area contributed by atoms with Crippen molar-refractivity contribution in [3.8, 4) is 0 Å². The molecule has 8 nitrogen and oxygen atoms in total. The monoisotopic (exact) mass is 602 g/mol. The number of hydrogen-bond acceptors (Lipinski definition) is 5. The van der Waals surface area contributed by atoms with Gasteiger partial charge in [0, 0.05) is 17.9 Å². The van der Waals surface area contributed by atoms with Gasteiger partial charge in [-0.15, -0.1) is 0 Å². The third-order valence-electron chi connectivity index (χ3n) is 8.08. The minimum absolute atomic E-state index is 0.0203. The van der Waals surface area contributed by atoms with Crippen molar-refractivity contribution in [3.63, 3.8) is 0 Å². The van der Waals surface area contributed by atoms with Crippen LogP contribution in [0.1, 0.15) is 98.2 Å². The first-order valence-electron chi connectivity index (χ1n) is 13.1. The van der Waals surface area contributed by atoms with E-state index in [4.69, 9.17) is 23.2 Å². The summed E-state index contributed by atoms with van der Waals surface area (Å²) in [4.78, 5) is 44.0. The van der Waals surface area contributed by atoms with E-state index in [1.165, 1.54) is 17.3 Å². The van der Waals surface area contributed by atoms with Gasteiger partial charge in [-0.1, -0.05) is 37.0 Å². The quantitative estimate of drug-likeness (QED) is 0.320. The Kier molecular flexibility index (Phi) is 8.31. The molecule has 2 fully saturated rings. The van der Waals surface area contributed by atoms with Crippen LogP contribution < -0.4 is 0 Å². The standard InChI is InChI=1S/C27H31Cl2F3N4O4/c1-15(2)10-26(8-9-26)35(14-20(37)21-18(28)12-33-13-19(21)29)23(38)17-11-34-36(22(17)27(30,31)32)16-4-6-25(3,7-5-16)24(39)40/h11-13,15-16H,4-10,14H2,1-3H3,(H,39,40). The molecule has 40 heavy (non-hydrogen) atoms. The number of aliphatic carboxylic acids is 1. The number of alkyl halides is 3. The van der Waals surface area contributed by atoms with Crippen LogP contribution in [0.3, 0.4) is 0 Å². The Balaban J connectivity index is 1.72. The molecule has 0 radical (unpaired) electrons. The van der Waals surface area contributed by atoms with Gasteiger partial charge in [0.15, 0.2) is 11.5 Å². The van der Waals surface area contributed by atoms with Crippen molar-refractivity contribution < 1.29 is 32.7 Å². The van der Waals surface area contributed by atoms with E-state index < -0.39 is 58.6 Å². The molecule has 0 bridgehead atoms. The number of nitrogens with zero attached hydrogens (tertiary/aromatic N) is 4. The fourth-order valence-electron chi connectivity index (χ4n) is 5.77. The lowest BCUT2D eigenvalue weighted by molar-refractivity contribution is -0.152. The first-order valence-corrected chi connectivity index (χ1v) is 13.9. The van der Waals surface area contributed by atoms with E-state index in [-0.39, 0.29) is 47.2 Å². The van der Waals surface area contributed by atoms with Crippen molar-refractivity contribution in [3.05, 3.63) is 45.5 Å². The van der Waals surface area contributed by atoms with E-state index in [0.717, 1.165) is 10.9 Å². The number of pyridine rings is 1. The van der Waals surface area contributed by atoms with Crippen molar-refractivity contribution in [2.45, 2.75) is 83.5 Å². The number of amides is 1. The third-order valence-corrected chi connectivity index (χ3v) is 8.66. The van der Waals surface area contributed by atoms with Gasteiger partial charge in [-0.05, 0) is 57.8 Å². The van der Waals surface area contributed by atoms with Crippen LogP contribution in [0.4, 0.5) is 13.2 Å². The third kappa shape index (κ3) is 5.86. The van der Waals surface area contributed by atoms with Crippen molar-refractivity contribution in [1.82, 2.24) is 19.7 Å². The highest BCUT2D eigenvalue weighted by Gasteiger charge is 2.53. The number of rotatable bonds is 9. The summed E-state index contributed by atoms with van der Waals surface area (Å²) < 4.78 is 44.4. The molecule has 2 aliphatic rings. The molecule has 2 heterocycles. The predicted octanol–water partition coefficient (Wildman–Crippen LogP) is 6.71. The summed E-state index contributed by atoms with van der Waals surface area (Å²) in [5, 5.41) is 13.5. The van der Waals surface area contributed by atoms with E-state index in [2.05, 4.69) is 10.1 Å². The van der Waals surface area contributed by atoms with Crippen molar-refractivity contribution in [1.29, 1.82) is 0 Å². The summed E-state index contributed by atoms with van der Waals surface area (Å²) in [6, 6.07) is -0.722. The summed E-state index contributed by atoms with van der Waals surface area (Å²) in [5.41, 5.74) is -3.70. The zero-order valence-corrected chi connectivity index (χ0v) is 23.9. The van der Waals surface area contributed by atoms with E-state index in [9.17, 15) is 32.7 Å². The van der Waals surface area contributed by atoms with E-state index in [1.807, 2.05) is 13.8 Å². The fourth-order valence-corrected chi connectivity index (χ4v) is 6.34. The maximum Gasteiger partial charge on any atom is 0.433 e. The number of carboxylic acids is 1. The van der Waals surface area contributed by atoms with Crippen LogP contribution in [0, 0.1) is 11.3 Å². The molecular weight excluding hydrogens is 572 g/mol. The van der Waals surface area contributed by atoms with Crippen LogP contribution in [-0.4, -0.2) is 54.5 Å². The number of carbonyl (C=O) groups excluding carboxylic acids is 2. The largest absolute Gasteiger partial charge is 0.481 e. The van der Waals surface area contributed by atoms with Crippen molar-refractivity contribution in [2.75, 3.05) is 6.54 Å². The Hall–Kier alpha value is -2.66. The molecule has 0 saturated heterocycles. The lowest BCUT2D eigenvalue weighted by Gasteiger charge is -2.35. The van der Waals surface area contributed by atoms with Gasteiger partial charge in [-0.3, -0.25) is 24.0 Å². The highest BCUT2D eigenvalue weighted by molar-refractivity contribution is 6.39. The normalized spacial score (nSPS) is 22.3. The van der Waals surface area contributed by atoms with Crippen LogP contribution in [0.2, 0.25) is 10.0 Å². The second-order valence-corrected chi connectivity index (χ2v) is 12.4. The predicted molar refractivity (Wildman–Crippen MR) is 142 cm³/mol. The Morgan fingerprint density at radius 2 is 1.68 bits per heavy atom. The molecule has 2 aromatic rings. The van der Waals surface area contributed by atoms with Crippen LogP contribution in [0.5, 0.6) is 0 Å². The molecule has 0 unspecified atom stereocenters. The van der Waals surface area contributed by atoms with Gasteiger partial charge in [0.25, 0.3) is 5.91 Å². The van der Waals surface area contributed by atoms with E-state index >= 15 is 0 Å². The lowest BCUT2D eigenvalue weighted by atomic mass is 9.74. The van der Waals surface area contributed by atoms with Gasteiger partial charge in [-0.25, -0.2) is 0 Å². The summed E-state index contributed by atoms with van der Waals surface area (Å²) in [6.45, 7) is 4.94. The molecule has 13 heteroatoms. The van der Waals surface area contributed by atoms with Gasteiger partial charge in [0.2, 0.25) is 0 Å². The van der Waals surface area contributed by atoms with Gasteiger partial charge >= 0.3 is 12.1 Å². The zero-order chi connectivity index (χ0) is 29.6. The van der Waals surface area contributed by atoms with E-state index in [0.29, 0.717) is 19.3 Å². The molecule has 0 aromatic carbocycles. The lowest BCUT2D eigenvalue weighted by Crippen LogP contribution is -2.46. The minimum atomic E-state index is -4.92. The molecule has 218 valence electrons. The van der Waals surface area contributed by atoms with Crippen LogP contribution in [0.15, 0.2) is 18.6 Å². The summed E-state index contributed by atoms with van der Waals surface area (Å²) >= 11 is 12.3. The topological polar surface area (TPSA) is 105 Å². The molecule has 0 spiro atoms.